The standard InChI is InChI=1S/C15H19N3OS/c1-2-6-16-15-12-10-19-7-5-13(12)17-14(18-15)9-11-4-3-8-20-11/h3-4,8H,2,5-7,9-10H2,1H3,(H,16,17,18). The molecule has 1 aliphatic heterocycles. The van der Waals surface area contributed by atoms with Gasteiger partial charge in [-0.05, 0) is 17.9 Å². The fraction of sp³-hybridized carbons (Fsp3) is 0.467. The van der Waals surface area contributed by atoms with Crippen molar-refractivity contribution in [3.05, 3.63) is 39.5 Å². The molecule has 0 saturated heterocycles. The van der Waals surface area contributed by atoms with Gasteiger partial charge in [0.1, 0.15) is 11.6 Å². The minimum atomic E-state index is 0.626. The van der Waals surface area contributed by atoms with Crippen molar-refractivity contribution in [2.24, 2.45) is 0 Å². The molecule has 0 unspecified atom stereocenters. The lowest BCUT2D eigenvalue weighted by molar-refractivity contribution is 0.109. The van der Waals surface area contributed by atoms with Gasteiger partial charge in [0.05, 0.1) is 18.9 Å². The summed E-state index contributed by atoms with van der Waals surface area (Å²) in [5.41, 5.74) is 2.29. The molecule has 20 heavy (non-hydrogen) atoms. The molecule has 0 aliphatic carbocycles. The Balaban J connectivity index is 1.90. The molecule has 3 heterocycles. The SMILES string of the molecule is CCCNc1nc(Cc2cccs2)nc2c1COCC2. The second-order valence-corrected chi connectivity index (χ2v) is 5.93. The minimum absolute atomic E-state index is 0.626. The third kappa shape index (κ3) is 2.99. The fourth-order valence-corrected chi connectivity index (χ4v) is 3.02. The average molecular weight is 289 g/mol. The van der Waals surface area contributed by atoms with Crippen molar-refractivity contribution in [3.8, 4) is 0 Å². The molecule has 0 spiro atoms. The van der Waals surface area contributed by atoms with Crippen LogP contribution in [0.4, 0.5) is 5.82 Å². The summed E-state index contributed by atoms with van der Waals surface area (Å²) in [5.74, 6) is 1.87. The van der Waals surface area contributed by atoms with Gasteiger partial charge in [0.15, 0.2) is 0 Å². The predicted molar refractivity (Wildman–Crippen MR) is 81.3 cm³/mol. The molecule has 5 heteroatoms. The number of hydrogen-bond donors (Lipinski definition) is 1. The summed E-state index contributed by atoms with van der Waals surface area (Å²) in [6, 6.07) is 4.21. The molecule has 1 aliphatic rings. The number of hydrogen-bond acceptors (Lipinski definition) is 5. The van der Waals surface area contributed by atoms with Crippen LogP contribution in [0.1, 0.15) is 35.3 Å². The van der Waals surface area contributed by atoms with E-state index in [9.17, 15) is 0 Å². The Morgan fingerprint density at radius 2 is 2.35 bits per heavy atom. The monoisotopic (exact) mass is 289 g/mol. The predicted octanol–water partition coefficient (Wildman–Crippen LogP) is 3.02. The summed E-state index contributed by atoms with van der Waals surface area (Å²) in [7, 11) is 0. The Morgan fingerprint density at radius 1 is 1.40 bits per heavy atom. The number of nitrogens with zero attached hydrogens (tertiary/aromatic N) is 2. The zero-order valence-electron chi connectivity index (χ0n) is 11.7. The highest BCUT2D eigenvalue weighted by Gasteiger charge is 2.18. The molecule has 0 saturated carbocycles. The van der Waals surface area contributed by atoms with Gasteiger partial charge in [0, 0.05) is 29.8 Å². The largest absolute Gasteiger partial charge is 0.376 e. The lowest BCUT2D eigenvalue weighted by Gasteiger charge is -2.20. The lowest BCUT2D eigenvalue weighted by Crippen LogP contribution is -2.18. The summed E-state index contributed by atoms with van der Waals surface area (Å²) in [4.78, 5) is 10.7. The smallest absolute Gasteiger partial charge is 0.136 e. The first-order valence-electron chi connectivity index (χ1n) is 7.09. The van der Waals surface area contributed by atoms with Gasteiger partial charge in [0.25, 0.3) is 0 Å². The molecule has 0 amide bonds. The Hall–Kier alpha value is -1.46. The quantitative estimate of drug-likeness (QED) is 0.919. The summed E-state index contributed by atoms with van der Waals surface area (Å²) >= 11 is 1.75. The Labute approximate surface area is 123 Å². The van der Waals surface area contributed by atoms with E-state index < -0.39 is 0 Å². The van der Waals surface area contributed by atoms with Crippen LogP contribution in [-0.4, -0.2) is 23.1 Å². The zero-order chi connectivity index (χ0) is 13.8. The molecule has 2 aromatic heterocycles. The highest BCUT2D eigenvalue weighted by Crippen LogP contribution is 2.23. The Bertz CT molecular complexity index is 569. The number of fused-ring (bicyclic) bond motifs is 1. The van der Waals surface area contributed by atoms with Crippen molar-refractivity contribution < 1.29 is 4.74 Å². The van der Waals surface area contributed by atoms with Crippen molar-refractivity contribution in [1.29, 1.82) is 0 Å². The van der Waals surface area contributed by atoms with E-state index in [1.165, 1.54) is 4.88 Å². The normalized spacial score (nSPS) is 14.1. The molecule has 1 N–H and O–H groups in total. The molecule has 0 fully saturated rings. The topological polar surface area (TPSA) is 47.0 Å². The summed E-state index contributed by atoms with van der Waals surface area (Å²) in [6.07, 6.45) is 2.78. The van der Waals surface area contributed by atoms with Gasteiger partial charge in [0.2, 0.25) is 0 Å². The number of anilines is 1. The molecule has 3 rings (SSSR count). The number of aromatic nitrogens is 2. The van der Waals surface area contributed by atoms with Gasteiger partial charge < -0.3 is 10.1 Å². The highest BCUT2D eigenvalue weighted by atomic mass is 32.1. The lowest BCUT2D eigenvalue weighted by atomic mass is 10.1. The molecule has 0 bridgehead atoms. The van der Waals surface area contributed by atoms with Gasteiger partial charge in [-0.3, -0.25) is 0 Å². The van der Waals surface area contributed by atoms with Crippen LogP contribution in [0.5, 0.6) is 0 Å². The van der Waals surface area contributed by atoms with Gasteiger partial charge in [-0.2, -0.15) is 0 Å². The maximum Gasteiger partial charge on any atom is 0.136 e. The molecule has 0 aromatic carbocycles. The van der Waals surface area contributed by atoms with Crippen LogP contribution < -0.4 is 5.32 Å². The second-order valence-electron chi connectivity index (χ2n) is 4.90. The third-order valence-electron chi connectivity index (χ3n) is 3.32. The molecule has 106 valence electrons. The van der Waals surface area contributed by atoms with E-state index in [4.69, 9.17) is 14.7 Å². The molecule has 2 aromatic rings. The highest BCUT2D eigenvalue weighted by molar-refractivity contribution is 7.09. The van der Waals surface area contributed by atoms with Crippen molar-refractivity contribution in [1.82, 2.24) is 9.97 Å². The minimum Gasteiger partial charge on any atom is -0.376 e. The van der Waals surface area contributed by atoms with Crippen LogP contribution in [0, 0.1) is 0 Å². The van der Waals surface area contributed by atoms with E-state index in [2.05, 4.69) is 29.8 Å². The number of rotatable bonds is 5. The van der Waals surface area contributed by atoms with Crippen LogP contribution in [0.15, 0.2) is 17.5 Å². The van der Waals surface area contributed by atoms with Gasteiger partial charge in [-0.1, -0.05) is 13.0 Å². The van der Waals surface area contributed by atoms with E-state index >= 15 is 0 Å². The van der Waals surface area contributed by atoms with Gasteiger partial charge in [-0.25, -0.2) is 9.97 Å². The van der Waals surface area contributed by atoms with Crippen molar-refractivity contribution in [2.45, 2.75) is 32.8 Å². The van der Waals surface area contributed by atoms with E-state index in [1.807, 2.05) is 0 Å². The molecule has 4 nitrogen and oxygen atoms in total. The first-order valence-corrected chi connectivity index (χ1v) is 7.97. The first-order chi connectivity index (χ1) is 9.86. The van der Waals surface area contributed by atoms with E-state index in [-0.39, 0.29) is 0 Å². The second kappa shape index (κ2) is 6.33. The molecule has 0 atom stereocenters. The summed E-state index contributed by atoms with van der Waals surface area (Å²) in [5, 5.41) is 5.51. The van der Waals surface area contributed by atoms with Crippen molar-refractivity contribution >= 4 is 17.2 Å². The van der Waals surface area contributed by atoms with E-state index in [0.717, 1.165) is 55.3 Å². The average Bonchev–Trinajstić information content (AvgIpc) is 2.97. The molecular weight excluding hydrogens is 270 g/mol. The molecule has 0 radical (unpaired) electrons. The van der Waals surface area contributed by atoms with Gasteiger partial charge >= 0.3 is 0 Å². The Morgan fingerprint density at radius 3 is 3.15 bits per heavy atom. The maximum atomic E-state index is 5.54. The van der Waals surface area contributed by atoms with E-state index in [1.54, 1.807) is 11.3 Å². The zero-order valence-corrected chi connectivity index (χ0v) is 12.5. The third-order valence-corrected chi connectivity index (χ3v) is 4.20. The summed E-state index contributed by atoms with van der Waals surface area (Å²) < 4.78 is 5.54. The maximum absolute atomic E-state index is 5.54. The Kier molecular flexibility index (Phi) is 4.28. The summed E-state index contributed by atoms with van der Waals surface area (Å²) in [6.45, 7) is 4.47. The molecular formula is C15H19N3OS. The fourth-order valence-electron chi connectivity index (χ4n) is 2.32. The van der Waals surface area contributed by atoms with Crippen LogP contribution >= 0.6 is 11.3 Å². The first kappa shape index (κ1) is 13.5. The number of nitrogens with one attached hydrogen (secondary N) is 1. The van der Waals surface area contributed by atoms with E-state index in [0.29, 0.717) is 6.61 Å². The van der Waals surface area contributed by atoms with Crippen molar-refractivity contribution in [2.75, 3.05) is 18.5 Å². The van der Waals surface area contributed by atoms with Crippen molar-refractivity contribution in [3.63, 3.8) is 0 Å². The number of thiophene rings is 1. The van der Waals surface area contributed by atoms with Crippen LogP contribution in [0.25, 0.3) is 0 Å². The van der Waals surface area contributed by atoms with Crippen LogP contribution in [0.3, 0.4) is 0 Å². The van der Waals surface area contributed by atoms with Crippen LogP contribution in [0.2, 0.25) is 0 Å². The van der Waals surface area contributed by atoms with Crippen LogP contribution in [-0.2, 0) is 24.2 Å². The van der Waals surface area contributed by atoms with Gasteiger partial charge in [-0.15, -0.1) is 11.3 Å². The number of ether oxygens (including phenoxy) is 1.